The maximum Gasteiger partial charge on any atom is 0.161 e. The van der Waals surface area contributed by atoms with Gasteiger partial charge in [-0.3, -0.25) is 4.79 Å². The molecule has 1 saturated carbocycles. The van der Waals surface area contributed by atoms with Crippen molar-refractivity contribution in [3.05, 3.63) is 0 Å². The number of carbonyl (C=O) groups is 1. The van der Waals surface area contributed by atoms with Gasteiger partial charge in [0, 0.05) is 18.8 Å². The second kappa shape index (κ2) is 2.91. The second-order valence-electron chi connectivity index (χ2n) is 3.15. The minimum absolute atomic E-state index is 0.0820. The highest BCUT2D eigenvalue weighted by molar-refractivity contribution is 5.80. The highest BCUT2D eigenvalue weighted by atomic mass is 16.7. The molecule has 1 atom stereocenters. The summed E-state index contributed by atoms with van der Waals surface area (Å²) in [5, 5.41) is 0. The van der Waals surface area contributed by atoms with Gasteiger partial charge < -0.3 is 9.47 Å². The lowest BCUT2D eigenvalue weighted by Gasteiger charge is -2.14. The van der Waals surface area contributed by atoms with Crippen molar-refractivity contribution in [1.29, 1.82) is 0 Å². The average molecular weight is 156 g/mol. The molecule has 0 amide bonds. The van der Waals surface area contributed by atoms with Gasteiger partial charge in [-0.1, -0.05) is 0 Å². The zero-order valence-electron chi connectivity index (χ0n) is 6.41. The van der Waals surface area contributed by atoms with Crippen molar-refractivity contribution in [2.24, 2.45) is 5.92 Å². The van der Waals surface area contributed by atoms with E-state index in [2.05, 4.69) is 0 Å². The number of hydrogen-bond donors (Lipinski definition) is 0. The Balaban J connectivity index is 1.90. The van der Waals surface area contributed by atoms with Crippen molar-refractivity contribution >= 4 is 5.78 Å². The van der Waals surface area contributed by atoms with E-state index in [1.165, 1.54) is 0 Å². The third kappa shape index (κ3) is 1.44. The van der Waals surface area contributed by atoms with Crippen LogP contribution in [0.1, 0.15) is 19.3 Å². The Bertz CT molecular complexity index is 161. The first-order chi connectivity index (χ1) is 5.36. The van der Waals surface area contributed by atoms with E-state index in [4.69, 9.17) is 9.47 Å². The maximum absolute atomic E-state index is 10.9. The van der Waals surface area contributed by atoms with Crippen molar-refractivity contribution < 1.29 is 14.3 Å². The number of Topliss-reactive ketones (excluding diaryl/α,β-unsaturated/α-hetero) is 1. The summed E-state index contributed by atoms with van der Waals surface area (Å²) in [6, 6.07) is 0. The Labute approximate surface area is 65.7 Å². The van der Waals surface area contributed by atoms with E-state index in [9.17, 15) is 4.79 Å². The van der Waals surface area contributed by atoms with E-state index in [1.807, 2.05) is 0 Å². The van der Waals surface area contributed by atoms with E-state index in [0.717, 1.165) is 6.42 Å². The van der Waals surface area contributed by atoms with Gasteiger partial charge in [0.2, 0.25) is 0 Å². The van der Waals surface area contributed by atoms with Crippen LogP contribution in [0.25, 0.3) is 0 Å². The predicted octanol–water partition coefficient (Wildman–Crippen LogP) is 0.728. The first-order valence-corrected chi connectivity index (χ1v) is 4.11. The zero-order chi connectivity index (χ0) is 7.68. The third-order valence-corrected chi connectivity index (χ3v) is 2.32. The fourth-order valence-corrected chi connectivity index (χ4v) is 1.72. The molecule has 1 heterocycles. The van der Waals surface area contributed by atoms with Crippen LogP contribution in [-0.2, 0) is 14.3 Å². The van der Waals surface area contributed by atoms with E-state index in [0.29, 0.717) is 37.8 Å². The quantitative estimate of drug-likeness (QED) is 0.561. The average Bonchev–Trinajstić information content (AvgIpc) is 2.55. The SMILES string of the molecule is O=C1CCC(C2OCCO2)C1. The Hall–Kier alpha value is -0.410. The van der Waals surface area contributed by atoms with Gasteiger partial charge >= 0.3 is 0 Å². The number of ether oxygens (including phenoxy) is 2. The van der Waals surface area contributed by atoms with Crippen LogP contribution in [-0.4, -0.2) is 25.3 Å². The Kier molecular flexibility index (Phi) is 1.92. The van der Waals surface area contributed by atoms with Crippen LogP contribution in [0.5, 0.6) is 0 Å². The lowest BCUT2D eigenvalue weighted by Crippen LogP contribution is -2.18. The molecule has 2 rings (SSSR count). The van der Waals surface area contributed by atoms with Crippen molar-refractivity contribution in [2.75, 3.05) is 13.2 Å². The third-order valence-electron chi connectivity index (χ3n) is 2.32. The molecule has 1 aliphatic carbocycles. The van der Waals surface area contributed by atoms with Gasteiger partial charge in [0.05, 0.1) is 13.2 Å². The van der Waals surface area contributed by atoms with Crippen molar-refractivity contribution in [3.8, 4) is 0 Å². The fraction of sp³-hybridized carbons (Fsp3) is 0.875. The highest BCUT2D eigenvalue weighted by Gasteiger charge is 2.32. The molecular weight excluding hydrogens is 144 g/mol. The Morgan fingerprint density at radius 3 is 2.55 bits per heavy atom. The molecule has 3 heteroatoms. The number of ketones is 1. The molecule has 1 saturated heterocycles. The van der Waals surface area contributed by atoms with Crippen molar-refractivity contribution in [3.63, 3.8) is 0 Å². The molecule has 1 aliphatic heterocycles. The molecule has 0 bridgehead atoms. The molecule has 0 radical (unpaired) electrons. The smallest absolute Gasteiger partial charge is 0.161 e. The molecule has 0 aromatic rings. The lowest BCUT2D eigenvalue weighted by molar-refractivity contribution is -0.120. The zero-order valence-corrected chi connectivity index (χ0v) is 6.41. The minimum Gasteiger partial charge on any atom is -0.350 e. The maximum atomic E-state index is 10.9. The van der Waals surface area contributed by atoms with Gasteiger partial charge in [-0.05, 0) is 6.42 Å². The molecule has 3 nitrogen and oxygen atoms in total. The van der Waals surface area contributed by atoms with Gasteiger partial charge in [0.25, 0.3) is 0 Å². The van der Waals surface area contributed by atoms with Crippen LogP contribution in [0.4, 0.5) is 0 Å². The molecule has 0 spiro atoms. The monoisotopic (exact) mass is 156 g/mol. The van der Waals surface area contributed by atoms with E-state index >= 15 is 0 Å². The summed E-state index contributed by atoms with van der Waals surface area (Å²) in [4.78, 5) is 10.9. The summed E-state index contributed by atoms with van der Waals surface area (Å²) >= 11 is 0. The largest absolute Gasteiger partial charge is 0.350 e. The van der Waals surface area contributed by atoms with Crippen LogP contribution in [0, 0.1) is 5.92 Å². The molecule has 0 N–H and O–H groups in total. The van der Waals surface area contributed by atoms with E-state index in [-0.39, 0.29) is 6.29 Å². The van der Waals surface area contributed by atoms with E-state index in [1.54, 1.807) is 0 Å². The van der Waals surface area contributed by atoms with Gasteiger partial charge in [0.1, 0.15) is 5.78 Å². The molecule has 1 unspecified atom stereocenters. The Morgan fingerprint density at radius 2 is 2.00 bits per heavy atom. The summed E-state index contributed by atoms with van der Waals surface area (Å²) in [7, 11) is 0. The van der Waals surface area contributed by atoms with Crippen molar-refractivity contribution in [1.82, 2.24) is 0 Å². The summed E-state index contributed by atoms with van der Waals surface area (Å²) in [6.45, 7) is 1.38. The first kappa shape index (κ1) is 7.25. The minimum atomic E-state index is -0.0820. The van der Waals surface area contributed by atoms with E-state index < -0.39 is 0 Å². The highest BCUT2D eigenvalue weighted by Crippen LogP contribution is 2.29. The Morgan fingerprint density at radius 1 is 1.27 bits per heavy atom. The normalized spacial score (nSPS) is 33.5. The fourth-order valence-electron chi connectivity index (χ4n) is 1.72. The van der Waals surface area contributed by atoms with Crippen LogP contribution < -0.4 is 0 Å². The van der Waals surface area contributed by atoms with Crippen LogP contribution >= 0.6 is 0 Å². The van der Waals surface area contributed by atoms with Crippen LogP contribution in [0.2, 0.25) is 0 Å². The molecule has 62 valence electrons. The molecule has 0 aromatic carbocycles. The number of carbonyl (C=O) groups excluding carboxylic acids is 1. The summed E-state index contributed by atoms with van der Waals surface area (Å²) < 4.78 is 10.6. The molecular formula is C8H12O3. The lowest BCUT2D eigenvalue weighted by atomic mass is 10.1. The van der Waals surface area contributed by atoms with Crippen molar-refractivity contribution in [2.45, 2.75) is 25.6 Å². The van der Waals surface area contributed by atoms with Gasteiger partial charge in [-0.15, -0.1) is 0 Å². The standard InChI is InChI=1S/C8H12O3/c9-7-2-1-6(5-7)8-10-3-4-11-8/h6,8H,1-5H2. The predicted molar refractivity (Wildman–Crippen MR) is 38.0 cm³/mol. The van der Waals surface area contributed by atoms with Gasteiger partial charge in [-0.25, -0.2) is 0 Å². The first-order valence-electron chi connectivity index (χ1n) is 4.11. The van der Waals surface area contributed by atoms with Crippen LogP contribution in [0.15, 0.2) is 0 Å². The number of rotatable bonds is 1. The molecule has 2 aliphatic rings. The molecule has 2 fully saturated rings. The van der Waals surface area contributed by atoms with Gasteiger partial charge in [0.15, 0.2) is 6.29 Å². The number of hydrogen-bond acceptors (Lipinski definition) is 3. The second-order valence-corrected chi connectivity index (χ2v) is 3.15. The van der Waals surface area contributed by atoms with Crippen LogP contribution in [0.3, 0.4) is 0 Å². The summed E-state index contributed by atoms with van der Waals surface area (Å²) in [5.74, 6) is 0.694. The molecule has 11 heavy (non-hydrogen) atoms. The molecule has 0 aromatic heterocycles. The summed E-state index contributed by atoms with van der Waals surface area (Å²) in [5.41, 5.74) is 0. The van der Waals surface area contributed by atoms with Gasteiger partial charge in [-0.2, -0.15) is 0 Å². The topological polar surface area (TPSA) is 35.5 Å². The summed E-state index contributed by atoms with van der Waals surface area (Å²) in [6.07, 6.45) is 2.24.